The molecule has 60 heavy (non-hydrogen) atoms. The molecule has 0 rings (SSSR count). The number of unbranched alkanes of at least 4 members (excludes halogenated alkanes) is 3. The Kier molecular flexibility index (Phi) is 36.3. The highest BCUT2D eigenvalue weighted by atomic mass is 31.2. The molecule has 24 nitrogen and oxygen atoms in total. The van der Waals surface area contributed by atoms with Crippen molar-refractivity contribution in [2.45, 2.75) is 89.6 Å². The second-order valence-corrected chi connectivity index (χ2v) is 15.3. The van der Waals surface area contributed by atoms with Crippen molar-refractivity contribution >= 4 is 43.0 Å². The van der Waals surface area contributed by atoms with Gasteiger partial charge in [-0.2, -0.15) is 0 Å². The predicted octanol–water partition coefficient (Wildman–Crippen LogP) is -2.35. The van der Waals surface area contributed by atoms with Crippen LogP contribution in [-0.4, -0.2) is 151 Å². The zero-order chi connectivity index (χ0) is 44.7. The summed E-state index contributed by atoms with van der Waals surface area (Å²) in [6.07, 6.45) is 2.57. The average Bonchev–Trinajstić information content (AvgIpc) is 3.22. The lowest BCUT2D eigenvalue weighted by Crippen LogP contribution is -2.50. The molecule has 0 spiro atoms. The molecule has 0 aliphatic rings. The maximum absolute atomic E-state index is 13.2. The Bertz CT molecular complexity index is 1240. The lowest BCUT2D eigenvalue weighted by Gasteiger charge is -2.21. The molecule has 3 unspecified atom stereocenters. The molecule has 3 atom stereocenters. The lowest BCUT2D eigenvalue weighted by atomic mass is 10.1. The first kappa shape index (κ1) is 56.6. The van der Waals surface area contributed by atoms with Gasteiger partial charge in [0.2, 0.25) is 35.4 Å². The van der Waals surface area contributed by atoms with Crippen LogP contribution in [0.2, 0.25) is 0 Å². The van der Waals surface area contributed by atoms with Crippen molar-refractivity contribution < 1.29 is 71.5 Å². The smallest absolute Gasteiger partial charge is 0.327 e. The highest BCUT2D eigenvalue weighted by Gasteiger charge is 2.25. The van der Waals surface area contributed by atoms with Gasteiger partial charge in [0.15, 0.2) is 0 Å². The highest BCUT2D eigenvalue weighted by Crippen LogP contribution is 2.41. The quantitative estimate of drug-likeness (QED) is 0.0175. The summed E-state index contributed by atoms with van der Waals surface area (Å²) in [4.78, 5) is 99.7. The minimum absolute atomic E-state index is 0.0541. The second-order valence-electron chi connectivity index (χ2n) is 13.1. The Morgan fingerprint density at radius 3 is 1.42 bits per heavy atom. The molecule has 25 heteroatoms. The zero-order valence-electron chi connectivity index (χ0n) is 34.9. The predicted molar refractivity (Wildman–Crippen MR) is 216 cm³/mol. The van der Waals surface area contributed by atoms with Crippen LogP contribution in [0.5, 0.6) is 0 Å². The number of hydrogen-bond donors (Lipinski definition) is 10. The molecule has 0 saturated carbocycles. The maximum Gasteiger partial charge on any atom is 0.327 e. The number of nitrogens with two attached hydrogens (primary N) is 3. The third-order valence-electron chi connectivity index (χ3n) is 8.21. The van der Waals surface area contributed by atoms with E-state index in [-0.39, 0.29) is 149 Å². The molecule has 0 aromatic rings. The monoisotopic (exact) mass is 887 g/mol. The molecule has 350 valence electrons. The largest absolute Gasteiger partial charge is 0.377 e. The van der Waals surface area contributed by atoms with Gasteiger partial charge in [0.25, 0.3) is 0 Å². The molecule has 0 saturated heterocycles. The SMILES string of the molecule is CCP(=O)(O)OCCCCCCNC(=O)CCCC(=O)NC(CCC(=O)NC(CCC(=O)NCCOCCON)C(=O)NCCOCCON)C(=O)NCCOCCON. The minimum atomic E-state index is -3.49. The standard InChI is InChI=1S/C35H70N9O15P/c1-2-60(51,52)59-18-6-4-3-5-14-39-30(45)8-7-9-32(47)43-29(35(50)42-17-21-55-24-27-58-38)11-13-33(48)44-28(34(49)41-16-20-54-23-26-57-37)10-12-31(46)40-15-19-53-22-25-56-36/h28-29H,2-27,36-38H2,1H3,(H,39,45)(H,40,46)(H,41,49)(H,42,50)(H,43,47)(H,44,48)(H,51,52). The van der Waals surface area contributed by atoms with Crippen molar-refractivity contribution in [3.63, 3.8) is 0 Å². The summed E-state index contributed by atoms with van der Waals surface area (Å²) in [6.45, 7) is 4.19. The number of carbonyl (C=O) groups is 6. The van der Waals surface area contributed by atoms with Gasteiger partial charge in [0, 0.05) is 58.0 Å². The summed E-state index contributed by atoms with van der Waals surface area (Å²) in [7, 11) is -3.49. The van der Waals surface area contributed by atoms with Gasteiger partial charge < -0.3 is 70.0 Å². The summed E-state index contributed by atoms with van der Waals surface area (Å²) < 4.78 is 32.3. The summed E-state index contributed by atoms with van der Waals surface area (Å²) in [5.74, 6) is 12.0. The third-order valence-corrected chi connectivity index (χ3v) is 9.60. The number of ether oxygens (including phenoxy) is 3. The Hall–Kier alpha value is -3.39. The fourth-order valence-corrected chi connectivity index (χ4v) is 5.54. The highest BCUT2D eigenvalue weighted by molar-refractivity contribution is 7.52. The lowest BCUT2D eigenvalue weighted by molar-refractivity contribution is -0.131. The Labute approximate surface area is 351 Å². The number of nitrogens with one attached hydrogen (secondary N) is 6. The van der Waals surface area contributed by atoms with Crippen LogP contribution in [0.1, 0.15) is 77.6 Å². The fourth-order valence-electron chi connectivity index (χ4n) is 4.94. The molecule has 0 radical (unpaired) electrons. The van der Waals surface area contributed by atoms with Crippen LogP contribution in [0, 0.1) is 0 Å². The molecule has 0 heterocycles. The summed E-state index contributed by atoms with van der Waals surface area (Å²) in [5, 5.41) is 16.0. The van der Waals surface area contributed by atoms with Crippen molar-refractivity contribution in [2.75, 3.05) is 98.4 Å². The van der Waals surface area contributed by atoms with E-state index >= 15 is 0 Å². The van der Waals surface area contributed by atoms with Crippen LogP contribution >= 0.6 is 7.60 Å². The second kappa shape index (κ2) is 38.5. The van der Waals surface area contributed by atoms with E-state index in [1.54, 1.807) is 6.92 Å². The Morgan fingerprint density at radius 1 is 0.500 bits per heavy atom. The van der Waals surface area contributed by atoms with Gasteiger partial charge >= 0.3 is 7.60 Å². The van der Waals surface area contributed by atoms with Crippen LogP contribution in [0.25, 0.3) is 0 Å². The molecule has 6 amide bonds. The van der Waals surface area contributed by atoms with Crippen LogP contribution < -0.4 is 49.6 Å². The van der Waals surface area contributed by atoms with E-state index in [1.807, 2.05) is 0 Å². The molecule has 0 bridgehead atoms. The van der Waals surface area contributed by atoms with Crippen molar-refractivity contribution in [2.24, 2.45) is 17.7 Å². The van der Waals surface area contributed by atoms with Crippen molar-refractivity contribution in [3.8, 4) is 0 Å². The molecule has 0 aromatic heterocycles. The first-order valence-electron chi connectivity index (χ1n) is 20.2. The van der Waals surface area contributed by atoms with Crippen LogP contribution in [0.4, 0.5) is 0 Å². The number of rotatable bonds is 41. The Morgan fingerprint density at radius 2 is 0.917 bits per heavy atom. The van der Waals surface area contributed by atoms with Crippen molar-refractivity contribution in [1.29, 1.82) is 0 Å². The number of hydrogen-bond acceptors (Lipinski definition) is 17. The molecule has 13 N–H and O–H groups in total. The van der Waals surface area contributed by atoms with Gasteiger partial charge in [-0.3, -0.25) is 33.3 Å². The van der Waals surface area contributed by atoms with Crippen molar-refractivity contribution in [1.82, 2.24) is 31.9 Å². The van der Waals surface area contributed by atoms with E-state index < -0.39 is 43.3 Å². The minimum Gasteiger partial charge on any atom is -0.377 e. The van der Waals surface area contributed by atoms with Gasteiger partial charge in [-0.1, -0.05) is 19.8 Å². The van der Waals surface area contributed by atoms with Gasteiger partial charge in [-0.25, -0.2) is 17.7 Å². The van der Waals surface area contributed by atoms with Gasteiger partial charge in [0.1, 0.15) is 12.1 Å². The van der Waals surface area contributed by atoms with Crippen LogP contribution in [-0.2, 0) is 66.6 Å². The topological polar surface area (TPSA) is 355 Å². The maximum atomic E-state index is 13.2. The fraction of sp³-hybridized carbons (Fsp3) is 0.829. The van der Waals surface area contributed by atoms with E-state index in [1.165, 1.54) is 0 Å². The van der Waals surface area contributed by atoms with E-state index in [4.69, 9.17) is 36.4 Å². The van der Waals surface area contributed by atoms with Crippen molar-refractivity contribution in [3.05, 3.63) is 0 Å². The first-order chi connectivity index (χ1) is 28.9. The number of carbonyl (C=O) groups excluding carboxylic acids is 6. The van der Waals surface area contributed by atoms with Gasteiger partial charge in [-0.15, -0.1) is 0 Å². The molecule has 0 aromatic carbocycles. The molecular weight excluding hydrogens is 817 g/mol. The number of amides is 6. The molecule has 0 aliphatic heterocycles. The van der Waals surface area contributed by atoms with Crippen LogP contribution in [0.3, 0.4) is 0 Å². The first-order valence-corrected chi connectivity index (χ1v) is 22.0. The molecular formula is C35H70N9O15P. The summed E-state index contributed by atoms with van der Waals surface area (Å²) in [5.41, 5.74) is 0. The average molecular weight is 888 g/mol. The van der Waals surface area contributed by atoms with E-state index in [0.717, 1.165) is 12.8 Å². The molecule has 0 aliphatic carbocycles. The van der Waals surface area contributed by atoms with Crippen LogP contribution in [0.15, 0.2) is 0 Å². The van der Waals surface area contributed by atoms with E-state index in [2.05, 4.69) is 46.4 Å². The van der Waals surface area contributed by atoms with Gasteiger partial charge in [0.05, 0.1) is 66.1 Å². The summed E-state index contributed by atoms with van der Waals surface area (Å²) >= 11 is 0. The normalized spacial score (nSPS) is 13.1. The third kappa shape index (κ3) is 34.3. The van der Waals surface area contributed by atoms with E-state index in [9.17, 15) is 38.2 Å². The zero-order valence-corrected chi connectivity index (χ0v) is 35.8. The Balaban J connectivity index is 5.16. The molecule has 0 fully saturated rings. The van der Waals surface area contributed by atoms with Gasteiger partial charge in [-0.05, 0) is 32.1 Å². The summed E-state index contributed by atoms with van der Waals surface area (Å²) in [6, 6.07) is -2.27. The van der Waals surface area contributed by atoms with E-state index in [0.29, 0.717) is 19.4 Å².